The lowest BCUT2D eigenvalue weighted by atomic mass is 10.1. The number of pyridine rings is 1. The molecule has 0 aliphatic carbocycles. The highest BCUT2D eigenvalue weighted by Gasteiger charge is 2.20. The molecule has 4 nitrogen and oxygen atoms in total. The fraction of sp³-hybridized carbons (Fsp3) is 0.417. The van der Waals surface area contributed by atoms with E-state index in [0.29, 0.717) is 0 Å². The minimum Gasteiger partial charge on any atom is -0.381 e. The molecule has 0 spiro atoms. The topological polar surface area (TPSA) is 31.4 Å². The maximum Gasteiger partial charge on any atom is 0.135 e. The van der Waals surface area contributed by atoms with Crippen LogP contribution >= 0.6 is 0 Å². The molecule has 1 aromatic heterocycles. The molecule has 1 aliphatic heterocycles. The number of hydrogen-bond donors (Lipinski definition) is 1. The van der Waals surface area contributed by atoms with Crippen molar-refractivity contribution in [3.05, 3.63) is 30.5 Å². The van der Waals surface area contributed by atoms with Gasteiger partial charge in [0.25, 0.3) is 0 Å². The predicted molar refractivity (Wildman–Crippen MR) is 67.7 cm³/mol. The molecule has 2 rings (SSSR count). The standard InChI is InChI=1S/C12H18N4/c1-4-6-13-11-5-7-14-12-10(11)8-15(2)9-16(12)3/h4-5,7H,1,6,8-9H2,2-3H3,(H,13,14). The van der Waals surface area contributed by atoms with E-state index in [2.05, 4.69) is 40.8 Å². The molecule has 4 heteroatoms. The molecule has 0 aromatic carbocycles. The van der Waals surface area contributed by atoms with E-state index < -0.39 is 0 Å². The van der Waals surface area contributed by atoms with Gasteiger partial charge in [-0.05, 0) is 13.1 Å². The molecular weight excluding hydrogens is 200 g/mol. The summed E-state index contributed by atoms with van der Waals surface area (Å²) in [7, 11) is 4.18. The van der Waals surface area contributed by atoms with Crippen LogP contribution in [0.4, 0.5) is 11.5 Å². The summed E-state index contributed by atoms with van der Waals surface area (Å²) in [5.41, 5.74) is 2.42. The number of fused-ring (bicyclic) bond motifs is 1. The van der Waals surface area contributed by atoms with Gasteiger partial charge in [-0.1, -0.05) is 6.08 Å². The van der Waals surface area contributed by atoms with E-state index in [1.54, 1.807) is 0 Å². The average Bonchev–Trinajstić information content (AvgIpc) is 2.26. The second-order valence-corrected chi connectivity index (χ2v) is 4.18. The first-order valence-electron chi connectivity index (χ1n) is 5.44. The van der Waals surface area contributed by atoms with Gasteiger partial charge < -0.3 is 10.2 Å². The highest BCUT2D eigenvalue weighted by atomic mass is 15.3. The quantitative estimate of drug-likeness (QED) is 0.779. The molecule has 0 fully saturated rings. The van der Waals surface area contributed by atoms with E-state index in [0.717, 1.165) is 31.3 Å². The normalized spacial score (nSPS) is 15.8. The van der Waals surface area contributed by atoms with Gasteiger partial charge in [0.15, 0.2) is 0 Å². The average molecular weight is 218 g/mol. The minimum absolute atomic E-state index is 0.782. The van der Waals surface area contributed by atoms with Crippen molar-refractivity contribution in [1.82, 2.24) is 9.88 Å². The van der Waals surface area contributed by atoms with E-state index in [9.17, 15) is 0 Å². The van der Waals surface area contributed by atoms with Crippen LogP contribution in [-0.2, 0) is 6.54 Å². The van der Waals surface area contributed by atoms with Gasteiger partial charge >= 0.3 is 0 Å². The van der Waals surface area contributed by atoms with Crippen LogP contribution in [0.3, 0.4) is 0 Å². The summed E-state index contributed by atoms with van der Waals surface area (Å²) in [4.78, 5) is 8.87. The lowest BCUT2D eigenvalue weighted by Gasteiger charge is -2.33. The van der Waals surface area contributed by atoms with Crippen LogP contribution in [0.15, 0.2) is 24.9 Å². The molecule has 1 aliphatic rings. The van der Waals surface area contributed by atoms with Crippen molar-refractivity contribution in [1.29, 1.82) is 0 Å². The highest BCUT2D eigenvalue weighted by molar-refractivity contribution is 5.63. The lowest BCUT2D eigenvalue weighted by molar-refractivity contribution is 0.314. The van der Waals surface area contributed by atoms with Gasteiger partial charge in [0.2, 0.25) is 0 Å². The third-order valence-corrected chi connectivity index (χ3v) is 2.71. The maximum atomic E-state index is 4.44. The largest absolute Gasteiger partial charge is 0.381 e. The molecule has 0 unspecified atom stereocenters. The number of aromatic nitrogens is 1. The van der Waals surface area contributed by atoms with Crippen LogP contribution in [0.2, 0.25) is 0 Å². The van der Waals surface area contributed by atoms with Crippen LogP contribution in [-0.4, -0.2) is 37.2 Å². The fourth-order valence-electron chi connectivity index (χ4n) is 2.06. The molecular formula is C12H18N4. The fourth-order valence-corrected chi connectivity index (χ4v) is 2.06. The van der Waals surface area contributed by atoms with Crippen LogP contribution in [0.1, 0.15) is 5.56 Å². The SMILES string of the molecule is C=CCNc1ccnc2c1CN(C)CN2C. The predicted octanol–water partition coefficient (Wildman–Crippen LogP) is 1.52. The van der Waals surface area contributed by atoms with Gasteiger partial charge in [-0.2, -0.15) is 0 Å². The van der Waals surface area contributed by atoms with Gasteiger partial charge in [0.05, 0.1) is 6.67 Å². The zero-order chi connectivity index (χ0) is 11.5. The smallest absolute Gasteiger partial charge is 0.135 e. The highest BCUT2D eigenvalue weighted by Crippen LogP contribution is 2.29. The van der Waals surface area contributed by atoms with E-state index in [1.807, 2.05) is 18.3 Å². The first-order chi connectivity index (χ1) is 7.72. The van der Waals surface area contributed by atoms with Crippen LogP contribution in [0.5, 0.6) is 0 Å². The summed E-state index contributed by atoms with van der Waals surface area (Å²) in [5.74, 6) is 1.08. The number of nitrogens with zero attached hydrogens (tertiary/aromatic N) is 3. The van der Waals surface area contributed by atoms with E-state index in [1.165, 1.54) is 5.56 Å². The van der Waals surface area contributed by atoms with Crippen molar-refractivity contribution in [2.75, 3.05) is 37.5 Å². The Bertz CT molecular complexity index is 389. The Hall–Kier alpha value is -1.55. The second-order valence-electron chi connectivity index (χ2n) is 4.18. The zero-order valence-electron chi connectivity index (χ0n) is 9.90. The van der Waals surface area contributed by atoms with E-state index in [4.69, 9.17) is 0 Å². The number of nitrogens with one attached hydrogen (secondary N) is 1. The van der Waals surface area contributed by atoms with Gasteiger partial charge in [0.1, 0.15) is 5.82 Å². The third kappa shape index (κ3) is 2.02. The summed E-state index contributed by atoms with van der Waals surface area (Å²) in [6, 6.07) is 2.02. The first-order valence-corrected chi connectivity index (χ1v) is 5.44. The zero-order valence-corrected chi connectivity index (χ0v) is 9.90. The molecule has 0 amide bonds. The van der Waals surface area contributed by atoms with Gasteiger partial charge in [0, 0.05) is 37.6 Å². The maximum absolute atomic E-state index is 4.44. The third-order valence-electron chi connectivity index (χ3n) is 2.71. The van der Waals surface area contributed by atoms with Crippen LogP contribution in [0.25, 0.3) is 0 Å². The van der Waals surface area contributed by atoms with E-state index in [-0.39, 0.29) is 0 Å². The summed E-state index contributed by atoms with van der Waals surface area (Å²) in [6.07, 6.45) is 3.72. The Morgan fingerprint density at radius 3 is 3.12 bits per heavy atom. The van der Waals surface area contributed by atoms with Crippen molar-refractivity contribution in [3.63, 3.8) is 0 Å². The summed E-state index contributed by atoms with van der Waals surface area (Å²) in [5, 5.41) is 3.35. The molecule has 86 valence electrons. The Labute approximate surface area is 96.6 Å². The Morgan fingerprint density at radius 2 is 2.38 bits per heavy atom. The number of hydrogen-bond acceptors (Lipinski definition) is 4. The number of anilines is 2. The van der Waals surface area contributed by atoms with Crippen molar-refractivity contribution in [2.24, 2.45) is 0 Å². The van der Waals surface area contributed by atoms with Gasteiger partial charge in [-0.25, -0.2) is 4.98 Å². The summed E-state index contributed by atoms with van der Waals surface area (Å²) >= 11 is 0. The second kappa shape index (κ2) is 4.53. The molecule has 0 saturated carbocycles. The molecule has 0 saturated heterocycles. The van der Waals surface area contributed by atoms with Crippen molar-refractivity contribution < 1.29 is 0 Å². The minimum atomic E-state index is 0.782. The summed E-state index contributed by atoms with van der Waals surface area (Å²) < 4.78 is 0. The lowest BCUT2D eigenvalue weighted by Crippen LogP contribution is -2.38. The van der Waals surface area contributed by atoms with Crippen molar-refractivity contribution >= 4 is 11.5 Å². The van der Waals surface area contributed by atoms with Crippen LogP contribution in [0, 0.1) is 0 Å². The van der Waals surface area contributed by atoms with Gasteiger partial charge in [-0.3, -0.25) is 4.90 Å². The van der Waals surface area contributed by atoms with E-state index >= 15 is 0 Å². The Morgan fingerprint density at radius 1 is 1.56 bits per heavy atom. The molecule has 0 bridgehead atoms. The van der Waals surface area contributed by atoms with Crippen LogP contribution < -0.4 is 10.2 Å². The molecule has 1 aromatic rings. The monoisotopic (exact) mass is 218 g/mol. The summed E-state index contributed by atoms with van der Waals surface area (Å²) in [6.45, 7) is 6.36. The van der Waals surface area contributed by atoms with Crippen molar-refractivity contribution in [3.8, 4) is 0 Å². The first kappa shape index (κ1) is 11.0. The van der Waals surface area contributed by atoms with Gasteiger partial charge in [-0.15, -0.1) is 6.58 Å². The molecule has 1 N–H and O–H groups in total. The van der Waals surface area contributed by atoms with Crippen molar-refractivity contribution in [2.45, 2.75) is 6.54 Å². The Kier molecular flexibility index (Phi) is 3.10. The molecule has 0 atom stereocenters. The molecule has 16 heavy (non-hydrogen) atoms. The number of rotatable bonds is 3. The molecule has 2 heterocycles. The Balaban J connectivity index is 2.33. The molecule has 0 radical (unpaired) electrons.